The molecule has 1 heterocycles. The quantitative estimate of drug-likeness (QED) is 0.634. The lowest BCUT2D eigenvalue weighted by molar-refractivity contribution is 0.101. The summed E-state index contributed by atoms with van der Waals surface area (Å²) in [6.07, 6.45) is 1.37. The molecule has 4 nitrogen and oxygen atoms in total. The van der Waals surface area contributed by atoms with E-state index in [0.717, 1.165) is 0 Å². The van der Waals surface area contributed by atoms with Gasteiger partial charge in [0.05, 0.1) is 18.2 Å². The van der Waals surface area contributed by atoms with Crippen molar-refractivity contribution in [2.75, 3.05) is 7.11 Å². The summed E-state index contributed by atoms with van der Waals surface area (Å²) < 4.78 is 4.86. The van der Waals surface area contributed by atoms with E-state index in [4.69, 9.17) is 10.00 Å². The van der Waals surface area contributed by atoms with Crippen LogP contribution in [0.15, 0.2) is 12.3 Å². The van der Waals surface area contributed by atoms with Gasteiger partial charge in [-0.1, -0.05) is 0 Å². The van der Waals surface area contributed by atoms with Crippen molar-refractivity contribution >= 4 is 5.78 Å². The number of rotatable bonds is 2. The molecule has 0 N–H and O–H groups in total. The monoisotopic (exact) mass is 176 g/mol. The molecule has 66 valence electrons. The summed E-state index contributed by atoms with van der Waals surface area (Å²) in [6, 6.07) is 3.37. The highest BCUT2D eigenvalue weighted by molar-refractivity contribution is 5.96. The van der Waals surface area contributed by atoms with Crippen LogP contribution in [0.4, 0.5) is 0 Å². The summed E-state index contributed by atoms with van der Waals surface area (Å²) in [5.41, 5.74) is 0.688. The van der Waals surface area contributed by atoms with Crippen LogP contribution in [0.1, 0.15) is 22.8 Å². The van der Waals surface area contributed by atoms with Crippen LogP contribution in [0.3, 0.4) is 0 Å². The molecule has 13 heavy (non-hydrogen) atoms. The number of nitrogens with zero attached hydrogens (tertiary/aromatic N) is 2. The summed E-state index contributed by atoms with van der Waals surface area (Å²) in [7, 11) is 1.43. The third-order valence-corrected chi connectivity index (χ3v) is 1.55. The molecule has 0 saturated heterocycles. The third-order valence-electron chi connectivity index (χ3n) is 1.55. The van der Waals surface area contributed by atoms with E-state index in [2.05, 4.69) is 4.98 Å². The normalized spacial score (nSPS) is 9.00. The Morgan fingerprint density at radius 2 is 2.38 bits per heavy atom. The number of carbonyl (C=O) groups excluding carboxylic acids is 1. The molecule has 1 aromatic rings. The SMILES string of the molecule is COc1ncc(C#N)cc1C(C)=O. The highest BCUT2D eigenvalue weighted by Crippen LogP contribution is 2.16. The fraction of sp³-hybridized carbons (Fsp3) is 0.222. The first-order chi connectivity index (χ1) is 6.19. The number of hydrogen-bond donors (Lipinski definition) is 0. The number of methoxy groups -OCH3 is 1. The van der Waals surface area contributed by atoms with E-state index in [1.807, 2.05) is 6.07 Å². The van der Waals surface area contributed by atoms with Gasteiger partial charge < -0.3 is 4.74 Å². The predicted octanol–water partition coefficient (Wildman–Crippen LogP) is 1.16. The fourth-order valence-electron chi connectivity index (χ4n) is 0.928. The summed E-state index contributed by atoms with van der Waals surface area (Å²) in [4.78, 5) is 14.9. The predicted molar refractivity (Wildman–Crippen MR) is 45.5 cm³/mol. The van der Waals surface area contributed by atoms with Crippen LogP contribution in [-0.2, 0) is 0 Å². The molecule has 0 unspecified atom stereocenters. The molecule has 1 rings (SSSR count). The molecule has 0 amide bonds. The standard InChI is InChI=1S/C9H8N2O2/c1-6(12)8-3-7(4-10)5-11-9(8)13-2/h3,5H,1-2H3. The Labute approximate surface area is 75.8 Å². The van der Waals surface area contributed by atoms with Gasteiger partial charge in [0.25, 0.3) is 0 Å². The molecule has 0 aliphatic heterocycles. The molecule has 0 radical (unpaired) electrons. The van der Waals surface area contributed by atoms with E-state index >= 15 is 0 Å². The number of ketones is 1. The number of ether oxygens (including phenoxy) is 1. The maximum Gasteiger partial charge on any atom is 0.224 e. The van der Waals surface area contributed by atoms with Gasteiger partial charge in [-0.05, 0) is 13.0 Å². The Bertz CT molecular complexity index is 380. The number of nitriles is 1. The molecule has 0 spiro atoms. The van der Waals surface area contributed by atoms with Crippen LogP contribution in [0, 0.1) is 11.3 Å². The van der Waals surface area contributed by atoms with E-state index in [1.54, 1.807) is 0 Å². The summed E-state index contributed by atoms with van der Waals surface area (Å²) in [5.74, 6) is 0.0907. The number of hydrogen-bond acceptors (Lipinski definition) is 4. The van der Waals surface area contributed by atoms with Crippen LogP contribution < -0.4 is 4.74 Å². The molecule has 4 heteroatoms. The number of aromatic nitrogens is 1. The van der Waals surface area contributed by atoms with Gasteiger partial charge >= 0.3 is 0 Å². The van der Waals surface area contributed by atoms with Crippen molar-refractivity contribution in [1.82, 2.24) is 4.98 Å². The average Bonchev–Trinajstić information content (AvgIpc) is 2.16. The Balaban J connectivity index is 3.28. The van der Waals surface area contributed by atoms with E-state index in [1.165, 1.54) is 26.3 Å². The third kappa shape index (κ3) is 1.82. The van der Waals surface area contributed by atoms with Crippen molar-refractivity contribution in [3.05, 3.63) is 23.4 Å². The lowest BCUT2D eigenvalue weighted by atomic mass is 10.1. The second-order valence-corrected chi connectivity index (χ2v) is 2.45. The van der Waals surface area contributed by atoms with Gasteiger partial charge in [-0.2, -0.15) is 5.26 Å². The second kappa shape index (κ2) is 3.68. The van der Waals surface area contributed by atoms with Crippen molar-refractivity contribution in [2.24, 2.45) is 0 Å². The van der Waals surface area contributed by atoms with Crippen LogP contribution in [0.25, 0.3) is 0 Å². The first-order valence-electron chi connectivity index (χ1n) is 3.64. The van der Waals surface area contributed by atoms with Gasteiger partial charge in [0.2, 0.25) is 5.88 Å². The highest BCUT2D eigenvalue weighted by atomic mass is 16.5. The molecule has 0 aliphatic carbocycles. The van der Waals surface area contributed by atoms with E-state index in [9.17, 15) is 4.79 Å². The average molecular weight is 176 g/mol. The van der Waals surface area contributed by atoms with E-state index in [0.29, 0.717) is 11.1 Å². The van der Waals surface area contributed by atoms with Crippen LogP contribution in [0.5, 0.6) is 5.88 Å². The van der Waals surface area contributed by atoms with Gasteiger partial charge in [-0.25, -0.2) is 4.98 Å². The summed E-state index contributed by atoms with van der Waals surface area (Å²) in [5, 5.41) is 8.57. The zero-order valence-electron chi connectivity index (χ0n) is 7.37. The van der Waals surface area contributed by atoms with Crippen molar-refractivity contribution < 1.29 is 9.53 Å². The van der Waals surface area contributed by atoms with Crippen molar-refractivity contribution in [3.63, 3.8) is 0 Å². The molecule has 0 saturated carbocycles. The summed E-state index contributed by atoms with van der Waals surface area (Å²) in [6.45, 7) is 1.40. The van der Waals surface area contributed by atoms with Crippen molar-refractivity contribution in [2.45, 2.75) is 6.92 Å². The summed E-state index contributed by atoms with van der Waals surface area (Å²) >= 11 is 0. The maximum absolute atomic E-state index is 11.1. The van der Waals surface area contributed by atoms with E-state index < -0.39 is 0 Å². The van der Waals surface area contributed by atoms with Gasteiger partial charge in [0, 0.05) is 6.20 Å². The first kappa shape index (κ1) is 9.20. The van der Waals surface area contributed by atoms with Crippen molar-refractivity contribution in [1.29, 1.82) is 5.26 Å². The Hall–Kier alpha value is -1.89. The molecular formula is C9H8N2O2. The van der Waals surface area contributed by atoms with Gasteiger partial charge in [0.15, 0.2) is 5.78 Å². The minimum atomic E-state index is -0.165. The molecular weight excluding hydrogens is 168 g/mol. The van der Waals surface area contributed by atoms with Gasteiger partial charge in [0.1, 0.15) is 6.07 Å². The van der Waals surface area contributed by atoms with Crippen LogP contribution >= 0.6 is 0 Å². The lowest BCUT2D eigenvalue weighted by Gasteiger charge is -2.03. The van der Waals surface area contributed by atoms with Gasteiger partial charge in [-0.3, -0.25) is 4.79 Å². The van der Waals surface area contributed by atoms with E-state index in [-0.39, 0.29) is 11.7 Å². The van der Waals surface area contributed by atoms with Crippen LogP contribution in [-0.4, -0.2) is 17.9 Å². The minimum absolute atomic E-state index is 0.165. The number of Topliss-reactive ketones (excluding diaryl/α,β-unsaturated/α-hetero) is 1. The zero-order chi connectivity index (χ0) is 9.84. The molecule has 0 aliphatic rings. The number of pyridine rings is 1. The smallest absolute Gasteiger partial charge is 0.224 e. The van der Waals surface area contributed by atoms with Crippen molar-refractivity contribution in [3.8, 4) is 11.9 Å². The Kier molecular flexibility index (Phi) is 2.60. The number of carbonyl (C=O) groups is 1. The Morgan fingerprint density at radius 3 is 2.85 bits per heavy atom. The van der Waals surface area contributed by atoms with Gasteiger partial charge in [-0.15, -0.1) is 0 Å². The topological polar surface area (TPSA) is 63.0 Å². The van der Waals surface area contributed by atoms with Crippen LogP contribution in [0.2, 0.25) is 0 Å². The molecule has 0 atom stereocenters. The zero-order valence-corrected chi connectivity index (χ0v) is 7.37. The molecule has 1 aromatic heterocycles. The lowest BCUT2D eigenvalue weighted by Crippen LogP contribution is -2.00. The largest absolute Gasteiger partial charge is 0.480 e. The maximum atomic E-state index is 11.1. The molecule has 0 fully saturated rings. The highest BCUT2D eigenvalue weighted by Gasteiger charge is 2.09. The first-order valence-corrected chi connectivity index (χ1v) is 3.64. The minimum Gasteiger partial charge on any atom is -0.480 e. The molecule has 0 aromatic carbocycles. The fourth-order valence-corrected chi connectivity index (χ4v) is 0.928. The molecule has 0 bridgehead atoms. The second-order valence-electron chi connectivity index (χ2n) is 2.45. The Morgan fingerprint density at radius 1 is 1.69 bits per heavy atom.